The van der Waals surface area contributed by atoms with Crippen LogP contribution in [0.1, 0.15) is 45.1 Å². The summed E-state index contributed by atoms with van der Waals surface area (Å²) in [6.45, 7) is 3.84. The molecule has 0 aromatic heterocycles. The van der Waals surface area contributed by atoms with Crippen molar-refractivity contribution in [2.45, 2.75) is 51.7 Å². The third-order valence-corrected chi connectivity index (χ3v) is 5.49. The summed E-state index contributed by atoms with van der Waals surface area (Å²) in [5.41, 5.74) is 0.452. The lowest BCUT2D eigenvalue weighted by Gasteiger charge is -2.29. The average Bonchev–Trinajstić information content (AvgIpc) is 3.18. The summed E-state index contributed by atoms with van der Waals surface area (Å²) in [5, 5.41) is 12.2. The van der Waals surface area contributed by atoms with Gasteiger partial charge >= 0.3 is 0 Å². The first-order valence-electron chi connectivity index (χ1n) is 8.54. The van der Waals surface area contributed by atoms with Crippen LogP contribution in [-0.2, 0) is 4.79 Å². The van der Waals surface area contributed by atoms with Crippen LogP contribution >= 0.6 is 0 Å². The SMILES string of the molecule is C[C@H](Oc1ccccc1C#N)C(=O)N[C@@H](C)[C@H]1C[C@H]2CC[C@H]1C2. The van der Waals surface area contributed by atoms with Crippen LogP contribution in [-0.4, -0.2) is 18.1 Å². The number of benzene rings is 1. The van der Waals surface area contributed by atoms with Crippen LogP contribution in [0.4, 0.5) is 0 Å². The van der Waals surface area contributed by atoms with Gasteiger partial charge in [0, 0.05) is 6.04 Å². The second-order valence-corrected chi connectivity index (χ2v) is 7.00. The Morgan fingerprint density at radius 1 is 1.30 bits per heavy atom. The molecule has 0 radical (unpaired) electrons. The summed E-state index contributed by atoms with van der Waals surface area (Å²) in [6.07, 6.45) is 4.67. The lowest BCUT2D eigenvalue weighted by Crippen LogP contribution is -2.45. The molecule has 3 rings (SSSR count). The lowest BCUT2D eigenvalue weighted by molar-refractivity contribution is -0.128. The van der Waals surface area contributed by atoms with Gasteiger partial charge in [0.2, 0.25) is 0 Å². The molecule has 4 heteroatoms. The number of hydrogen-bond donors (Lipinski definition) is 1. The number of nitrogens with zero attached hydrogens (tertiary/aromatic N) is 1. The zero-order chi connectivity index (χ0) is 16.4. The Bertz CT molecular complexity index is 622. The molecule has 0 aliphatic heterocycles. The molecule has 23 heavy (non-hydrogen) atoms. The summed E-state index contributed by atoms with van der Waals surface area (Å²) < 4.78 is 5.69. The standard InChI is InChI=1S/C19H24N2O2/c1-12(17-10-14-7-8-15(17)9-14)21-19(22)13(2)23-18-6-4-3-5-16(18)11-20/h3-6,12-15,17H,7-10H2,1-2H3,(H,21,22)/t12-,13-,14-,15-,17+/m0/s1. The van der Waals surface area contributed by atoms with Crippen molar-refractivity contribution in [1.29, 1.82) is 5.26 Å². The monoisotopic (exact) mass is 312 g/mol. The molecule has 2 fully saturated rings. The number of amides is 1. The van der Waals surface area contributed by atoms with E-state index in [0.29, 0.717) is 17.2 Å². The van der Waals surface area contributed by atoms with E-state index in [0.717, 1.165) is 11.8 Å². The zero-order valence-electron chi connectivity index (χ0n) is 13.8. The smallest absolute Gasteiger partial charge is 0.260 e. The van der Waals surface area contributed by atoms with Gasteiger partial charge in [0.05, 0.1) is 5.56 Å². The van der Waals surface area contributed by atoms with Crippen molar-refractivity contribution in [3.8, 4) is 11.8 Å². The predicted octanol–water partition coefficient (Wildman–Crippen LogP) is 3.27. The van der Waals surface area contributed by atoms with Crippen molar-refractivity contribution in [1.82, 2.24) is 5.32 Å². The van der Waals surface area contributed by atoms with E-state index in [1.54, 1.807) is 31.2 Å². The van der Waals surface area contributed by atoms with Gasteiger partial charge in [-0.1, -0.05) is 18.6 Å². The molecule has 2 aliphatic rings. The lowest BCUT2D eigenvalue weighted by atomic mass is 9.84. The number of ether oxygens (including phenoxy) is 1. The van der Waals surface area contributed by atoms with E-state index < -0.39 is 6.10 Å². The van der Waals surface area contributed by atoms with E-state index in [4.69, 9.17) is 10.00 Å². The fourth-order valence-electron chi connectivity index (χ4n) is 4.26. The third-order valence-electron chi connectivity index (χ3n) is 5.49. The Labute approximate surface area is 137 Å². The van der Waals surface area contributed by atoms with E-state index >= 15 is 0 Å². The molecule has 0 unspecified atom stereocenters. The van der Waals surface area contributed by atoms with Gasteiger partial charge in [-0.05, 0) is 63.0 Å². The van der Waals surface area contributed by atoms with Crippen LogP contribution in [0, 0.1) is 29.1 Å². The second kappa shape index (κ2) is 6.62. The Kier molecular flexibility index (Phi) is 4.56. The van der Waals surface area contributed by atoms with Crippen molar-refractivity contribution in [2.24, 2.45) is 17.8 Å². The van der Waals surface area contributed by atoms with E-state index in [1.165, 1.54) is 25.7 Å². The maximum Gasteiger partial charge on any atom is 0.260 e. The molecular weight excluding hydrogens is 288 g/mol. The quantitative estimate of drug-likeness (QED) is 0.907. The van der Waals surface area contributed by atoms with Crippen LogP contribution in [0.25, 0.3) is 0 Å². The van der Waals surface area contributed by atoms with Crippen molar-refractivity contribution >= 4 is 5.91 Å². The van der Waals surface area contributed by atoms with E-state index in [1.807, 2.05) is 0 Å². The summed E-state index contributed by atoms with van der Waals surface area (Å²) in [6, 6.07) is 9.28. The summed E-state index contributed by atoms with van der Waals surface area (Å²) in [4.78, 5) is 12.4. The predicted molar refractivity (Wildman–Crippen MR) is 87.8 cm³/mol. The molecule has 2 bridgehead atoms. The minimum absolute atomic E-state index is 0.104. The van der Waals surface area contributed by atoms with Gasteiger partial charge in [-0.25, -0.2) is 0 Å². The summed E-state index contributed by atoms with van der Waals surface area (Å²) in [5.74, 6) is 2.63. The van der Waals surface area contributed by atoms with E-state index in [2.05, 4.69) is 18.3 Å². The Morgan fingerprint density at radius 3 is 2.74 bits per heavy atom. The molecule has 1 aromatic rings. The van der Waals surface area contributed by atoms with Crippen molar-refractivity contribution in [3.05, 3.63) is 29.8 Å². The number of carbonyl (C=O) groups excluding carboxylic acids is 1. The molecule has 0 spiro atoms. The fraction of sp³-hybridized carbons (Fsp3) is 0.579. The van der Waals surface area contributed by atoms with Gasteiger partial charge in [-0.15, -0.1) is 0 Å². The van der Waals surface area contributed by atoms with Crippen molar-refractivity contribution < 1.29 is 9.53 Å². The molecule has 0 heterocycles. The number of nitriles is 1. The van der Waals surface area contributed by atoms with Crippen LogP contribution in [0.3, 0.4) is 0 Å². The van der Waals surface area contributed by atoms with Gasteiger partial charge in [0.25, 0.3) is 5.91 Å². The van der Waals surface area contributed by atoms with Gasteiger partial charge in [-0.3, -0.25) is 4.79 Å². The Balaban J connectivity index is 1.56. The first-order chi connectivity index (χ1) is 11.1. The van der Waals surface area contributed by atoms with E-state index in [9.17, 15) is 4.79 Å². The number of para-hydroxylation sites is 1. The summed E-state index contributed by atoms with van der Waals surface area (Å²) >= 11 is 0. The number of nitrogens with one attached hydrogen (secondary N) is 1. The first kappa shape index (κ1) is 15.9. The maximum atomic E-state index is 12.4. The van der Waals surface area contributed by atoms with E-state index in [-0.39, 0.29) is 11.9 Å². The average molecular weight is 312 g/mol. The highest BCUT2D eigenvalue weighted by Crippen LogP contribution is 2.49. The number of carbonyl (C=O) groups is 1. The van der Waals surface area contributed by atoms with Crippen LogP contribution in [0.2, 0.25) is 0 Å². The fourth-order valence-corrected chi connectivity index (χ4v) is 4.26. The molecule has 2 aliphatic carbocycles. The minimum atomic E-state index is -0.606. The minimum Gasteiger partial charge on any atom is -0.480 e. The summed E-state index contributed by atoms with van der Waals surface area (Å²) in [7, 11) is 0. The van der Waals surface area contributed by atoms with Crippen molar-refractivity contribution in [2.75, 3.05) is 0 Å². The number of rotatable bonds is 5. The zero-order valence-corrected chi connectivity index (χ0v) is 13.8. The topological polar surface area (TPSA) is 62.1 Å². The molecule has 1 N–H and O–H groups in total. The molecule has 122 valence electrons. The highest BCUT2D eigenvalue weighted by molar-refractivity contribution is 5.81. The molecule has 5 atom stereocenters. The van der Waals surface area contributed by atoms with Crippen LogP contribution in [0.5, 0.6) is 5.75 Å². The third kappa shape index (κ3) is 3.34. The molecule has 0 saturated heterocycles. The number of hydrogen-bond acceptors (Lipinski definition) is 3. The molecule has 1 aromatic carbocycles. The van der Waals surface area contributed by atoms with Crippen molar-refractivity contribution in [3.63, 3.8) is 0 Å². The molecule has 4 nitrogen and oxygen atoms in total. The highest BCUT2D eigenvalue weighted by Gasteiger charge is 2.42. The molecular formula is C19H24N2O2. The van der Waals surface area contributed by atoms with Gasteiger partial charge in [-0.2, -0.15) is 5.26 Å². The Hall–Kier alpha value is -2.02. The first-order valence-corrected chi connectivity index (χ1v) is 8.54. The Morgan fingerprint density at radius 2 is 2.09 bits per heavy atom. The second-order valence-electron chi connectivity index (χ2n) is 7.00. The number of fused-ring (bicyclic) bond motifs is 2. The molecule has 1 amide bonds. The van der Waals surface area contributed by atoms with Crippen LogP contribution < -0.4 is 10.1 Å². The highest BCUT2D eigenvalue weighted by atomic mass is 16.5. The molecule has 2 saturated carbocycles. The van der Waals surface area contributed by atoms with Gasteiger partial charge in [0.15, 0.2) is 6.10 Å². The normalized spacial score (nSPS) is 28.0. The van der Waals surface area contributed by atoms with Crippen LogP contribution in [0.15, 0.2) is 24.3 Å². The maximum absolute atomic E-state index is 12.4. The van der Waals surface area contributed by atoms with Gasteiger partial charge in [0.1, 0.15) is 11.8 Å². The van der Waals surface area contributed by atoms with Gasteiger partial charge < -0.3 is 10.1 Å². The largest absolute Gasteiger partial charge is 0.480 e.